The zero-order valence-corrected chi connectivity index (χ0v) is 18.7. The van der Waals surface area contributed by atoms with Crippen LogP contribution in [0.2, 0.25) is 0 Å². The number of likely N-dealkylation sites (tertiary alicyclic amines) is 1. The maximum absolute atomic E-state index is 13.0. The van der Waals surface area contributed by atoms with Gasteiger partial charge in [0.1, 0.15) is 0 Å². The van der Waals surface area contributed by atoms with Crippen molar-refractivity contribution in [1.82, 2.24) is 4.90 Å². The highest BCUT2D eigenvalue weighted by molar-refractivity contribution is 7.97. The standard InChI is InChI=1S/C22H25N3O3S2/c1-29-15-20-8-7-19(13-21(20)24-30(2,27)28)22(26)25-11-9-18(10-12-25)17-5-3-16(14-23)4-6-17/h3-8,13,18,24H,9-12,15H2,1-2H3. The molecule has 1 fully saturated rings. The fourth-order valence-electron chi connectivity index (χ4n) is 3.71. The second kappa shape index (κ2) is 9.54. The molecule has 0 atom stereocenters. The largest absolute Gasteiger partial charge is 0.339 e. The van der Waals surface area contributed by atoms with Crippen LogP contribution >= 0.6 is 11.8 Å². The molecule has 0 saturated carbocycles. The SMILES string of the molecule is CSCc1ccc(C(=O)N2CCC(c3ccc(C#N)cc3)CC2)cc1NS(C)(=O)=O. The molecule has 0 bridgehead atoms. The number of hydrogen-bond donors (Lipinski definition) is 1. The highest BCUT2D eigenvalue weighted by atomic mass is 32.2. The average molecular weight is 444 g/mol. The van der Waals surface area contributed by atoms with Gasteiger partial charge in [-0.1, -0.05) is 18.2 Å². The van der Waals surface area contributed by atoms with Gasteiger partial charge in [-0.25, -0.2) is 8.42 Å². The summed E-state index contributed by atoms with van der Waals surface area (Å²) in [6, 6.07) is 15.0. The van der Waals surface area contributed by atoms with Crippen molar-refractivity contribution < 1.29 is 13.2 Å². The van der Waals surface area contributed by atoms with Crippen molar-refractivity contribution in [3.63, 3.8) is 0 Å². The second-order valence-corrected chi connectivity index (χ2v) is 10.1. The van der Waals surface area contributed by atoms with Crippen LogP contribution in [0.5, 0.6) is 0 Å². The molecule has 30 heavy (non-hydrogen) atoms. The lowest BCUT2D eigenvalue weighted by Crippen LogP contribution is -2.38. The third-order valence-electron chi connectivity index (χ3n) is 5.25. The summed E-state index contributed by atoms with van der Waals surface area (Å²) in [5.41, 5.74) is 3.65. The van der Waals surface area contributed by atoms with Gasteiger partial charge in [0.15, 0.2) is 0 Å². The van der Waals surface area contributed by atoms with Crippen molar-refractivity contribution in [1.29, 1.82) is 5.26 Å². The Bertz CT molecular complexity index is 1050. The molecule has 3 rings (SSSR count). The van der Waals surface area contributed by atoms with Gasteiger partial charge in [-0.15, -0.1) is 0 Å². The Morgan fingerprint density at radius 1 is 1.20 bits per heavy atom. The van der Waals surface area contributed by atoms with Gasteiger partial charge in [-0.3, -0.25) is 9.52 Å². The molecule has 1 heterocycles. The lowest BCUT2D eigenvalue weighted by molar-refractivity contribution is 0.0713. The summed E-state index contributed by atoms with van der Waals surface area (Å²) in [4.78, 5) is 14.8. The van der Waals surface area contributed by atoms with Crippen LogP contribution in [0.25, 0.3) is 0 Å². The van der Waals surface area contributed by atoms with Gasteiger partial charge in [-0.05, 0) is 60.4 Å². The number of thioether (sulfide) groups is 1. The van der Waals surface area contributed by atoms with Crippen molar-refractivity contribution in [3.8, 4) is 6.07 Å². The minimum absolute atomic E-state index is 0.0828. The van der Waals surface area contributed by atoms with Crippen molar-refractivity contribution in [2.24, 2.45) is 0 Å². The number of hydrogen-bond acceptors (Lipinski definition) is 5. The first-order valence-corrected chi connectivity index (χ1v) is 13.0. The Labute approximate surface area is 182 Å². The number of nitriles is 1. The molecule has 2 aromatic carbocycles. The number of nitrogens with zero attached hydrogens (tertiary/aromatic N) is 2. The molecule has 6 nitrogen and oxygen atoms in total. The molecule has 0 unspecified atom stereocenters. The molecule has 8 heteroatoms. The summed E-state index contributed by atoms with van der Waals surface area (Å²) in [6.45, 7) is 1.29. The van der Waals surface area contributed by atoms with Crippen LogP contribution < -0.4 is 4.72 Å². The first-order chi connectivity index (χ1) is 14.3. The number of amides is 1. The van der Waals surface area contributed by atoms with Crippen molar-refractivity contribution in [3.05, 3.63) is 64.7 Å². The quantitative estimate of drug-likeness (QED) is 0.733. The molecular weight excluding hydrogens is 418 g/mol. The van der Waals surface area contributed by atoms with E-state index in [1.54, 1.807) is 23.9 Å². The van der Waals surface area contributed by atoms with E-state index < -0.39 is 10.0 Å². The monoisotopic (exact) mass is 443 g/mol. The first-order valence-electron chi connectivity index (χ1n) is 9.69. The molecule has 1 saturated heterocycles. The molecule has 158 valence electrons. The number of anilines is 1. The summed E-state index contributed by atoms with van der Waals surface area (Å²) in [5.74, 6) is 0.941. The first kappa shape index (κ1) is 22.2. The third kappa shape index (κ3) is 5.55. The highest BCUT2D eigenvalue weighted by Crippen LogP contribution is 2.30. The van der Waals surface area contributed by atoms with Crippen LogP contribution in [-0.2, 0) is 15.8 Å². The van der Waals surface area contributed by atoms with E-state index in [4.69, 9.17) is 5.26 Å². The average Bonchev–Trinajstić information content (AvgIpc) is 2.74. The van der Waals surface area contributed by atoms with Gasteiger partial charge < -0.3 is 4.90 Å². The Kier molecular flexibility index (Phi) is 7.06. The molecule has 1 aliphatic rings. The van der Waals surface area contributed by atoms with E-state index in [9.17, 15) is 13.2 Å². The number of rotatable bonds is 6. The van der Waals surface area contributed by atoms with E-state index in [-0.39, 0.29) is 5.91 Å². The summed E-state index contributed by atoms with van der Waals surface area (Å²) in [5, 5.41) is 8.94. The van der Waals surface area contributed by atoms with Gasteiger partial charge in [0, 0.05) is 24.4 Å². The lowest BCUT2D eigenvalue weighted by Gasteiger charge is -2.32. The number of sulfonamides is 1. The summed E-state index contributed by atoms with van der Waals surface area (Å²) >= 11 is 1.59. The topological polar surface area (TPSA) is 90.3 Å². The number of carbonyl (C=O) groups excluding carboxylic acids is 1. The van der Waals surface area contributed by atoms with Crippen LogP contribution in [0.4, 0.5) is 5.69 Å². The number of benzene rings is 2. The molecule has 1 amide bonds. The molecule has 0 aliphatic carbocycles. The van der Waals surface area contributed by atoms with Gasteiger partial charge in [0.2, 0.25) is 10.0 Å². The van der Waals surface area contributed by atoms with E-state index in [0.717, 1.165) is 24.7 Å². The second-order valence-electron chi connectivity index (χ2n) is 7.48. The Morgan fingerprint density at radius 2 is 1.87 bits per heavy atom. The normalized spacial score (nSPS) is 14.9. The van der Waals surface area contributed by atoms with Crippen LogP contribution in [0.15, 0.2) is 42.5 Å². The maximum atomic E-state index is 13.0. The number of nitrogens with one attached hydrogen (secondary N) is 1. The molecular formula is C22H25N3O3S2. The Balaban J connectivity index is 1.71. The predicted octanol–water partition coefficient (Wildman–Crippen LogP) is 3.81. The molecule has 1 aliphatic heterocycles. The van der Waals surface area contributed by atoms with Crippen molar-refractivity contribution in [2.45, 2.75) is 24.5 Å². The minimum Gasteiger partial charge on any atom is -0.339 e. The van der Waals surface area contributed by atoms with Crippen molar-refractivity contribution >= 4 is 33.4 Å². The highest BCUT2D eigenvalue weighted by Gasteiger charge is 2.25. The summed E-state index contributed by atoms with van der Waals surface area (Å²) < 4.78 is 26.0. The Morgan fingerprint density at radius 3 is 2.43 bits per heavy atom. The zero-order valence-electron chi connectivity index (χ0n) is 17.1. The van der Waals surface area contributed by atoms with Gasteiger partial charge in [0.25, 0.3) is 5.91 Å². The van der Waals surface area contributed by atoms with E-state index in [1.165, 1.54) is 5.56 Å². The van der Waals surface area contributed by atoms with Crippen LogP contribution in [-0.4, -0.2) is 44.8 Å². The van der Waals surface area contributed by atoms with E-state index in [0.29, 0.717) is 41.6 Å². The van der Waals surface area contributed by atoms with E-state index >= 15 is 0 Å². The van der Waals surface area contributed by atoms with Crippen molar-refractivity contribution in [2.75, 3.05) is 30.3 Å². The van der Waals surface area contributed by atoms with E-state index in [1.807, 2.05) is 41.5 Å². The Hall–Kier alpha value is -2.50. The summed E-state index contributed by atoms with van der Waals surface area (Å²) in [7, 11) is -3.43. The van der Waals surface area contributed by atoms with Crippen LogP contribution in [0.1, 0.15) is 45.8 Å². The van der Waals surface area contributed by atoms with Gasteiger partial charge >= 0.3 is 0 Å². The molecule has 0 radical (unpaired) electrons. The van der Waals surface area contributed by atoms with Gasteiger partial charge in [-0.2, -0.15) is 17.0 Å². The molecule has 0 spiro atoms. The smallest absolute Gasteiger partial charge is 0.253 e. The number of piperidine rings is 1. The molecule has 0 aromatic heterocycles. The zero-order chi connectivity index (χ0) is 21.7. The fraction of sp³-hybridized carbons (Fsp3) is 0.364. The lowest BCUT2D eigenvalue weighted by atomic mass is 9.89. The van der Waals surface area contributed by atoms with E-state index in [2.05, 4.69) is 10.8 Å². The fourth-order valence-corrected chi connectivity index (χ4v) is 4.87. The van der Waals surface area contributed by atoms with Crippen LogP contribution in [0, 0.1) is 11.3 Å². The minimum atomic E-state index is -3.43. The number of carbonyl (C=O) groups is 1. The predicted molar refractivity (Wildman–Crippen MR) is 121 cm³/mol. The maximum Gasteiger partial charge on any atom is 0.253 e. The van der Waals surface area contributed by atoms with Crippen LogP contribution in [0.3, 0.4) is 0 Å². The summed E-state index contributed by atoms with van der Waals surface area (Å²) in [6.07, 6.45) is 4.77. The van der Waals surface area contributed by atoms with Gasteiger partial charge in [0.05, 0.1) is 23.6 Å². The molecule has 2 aromatic rings. The molecule has 1 N–H and O–H groups in total. The third-order valence-corrected chi connectivity index (χ3v) is 6.44.